The van der Waals surface area contributed by atoms with Crippen molar-refractivity contribution in [3.05, 3.63) is 0 Å². The van der Waals surface area contributed by atoms with Gasteiger partial charge in [-0.05, 0) is 58.7 Å². The monoisotopic (exact) mass is 182 g/mol. The normalized spacial score (nSPS) is 26.1. The van der Waals surface area contributed by atoms with E-state index in [1.807, 2.05) is 0 Å². The first kappa shape index (κ1) is 9.47. The van der Waals surface area contributed by atoms with Gasteiger partial charge in [-0.2, -0.15) is 0 Å². The van der Waals surface area contributed by atoms with Gasteiger partial charge < -0.3 is 10.2 Å². The molecule has 2 heteroatoms. The summed E-state index contributed by atoms with van der Waals surface area (Å²) in [6, 6.07) is 0. The van der Waals surface area contributed by atoms with Crippen LogP contribution in [0.4, 0.5) is 0 Å². The lowest BCUT2D eigenvalue weighted by Crippen LogP contribution is -2.56. The number of nitrogens with one attached hydrogen (secondary N) is 1. The van der Waals surface area contributed by atoms with Gasteiger partial charge in [0.15, 0.2) is 0 Å². The molecule has 0 aromatic heterocycles. The lowest BCUT2D eigenvalue weighted by Gasteiger charge is -2.47. The van der Waals surface area contributed by atoms with E-state index in [9.17, 15) is 0 Å². The Kier molecular flexibility index (Phi) is 2.61. The van der Waals surface area contributed by atoms with E-state index in [0.717, 1.165) is 5.92 Å². The summed E-state index contributed by atoms with van der Waals surface area (Å²) >= 11 is 0. The van der Waals surface area contributed by atoms with Crippen molar-refractivity contribution in [2.24, 2.45) is 5.92 Å². The molecule has 2 fully saturated rings. The first-order valence-corrected chi connectivity index (χ1v) is 5.61. The Bertz CT molecular complexity index is 169. The van der Waals surface area contributed by atoms with Crippen LogP contribution in [0, 0.1) is 5.92 Å². The highest BCUT2D eigenvalue weighted by atomic mass is 15.2. The zero-order chi connectivity index (χ0) is 9.31. The average molecular weight is 182 g/mol. The van der Waals surface area contributed by atoms with E-state index in [1.54, 1.807) is 0 Å². The van der Waals surface area contributed by atoms with Crippen LogP contribution in [0.15, 0.2) is 0 Å². The van der Waals surface area contributed by atoms with Crippen LogP contribution in [0.1, 0.15) is 32.1 Å². The first-order chi connectivity index (χ1) is 6.23. The molecule has 13 heavy (non-hydrogen) atoms. The number of likely N-dealkylation sites (N-methyl/N-ethyl adjacent to an activating group) is 1. The molecule has 1 N–H and O–H groups in total. The van der Waals surface area contributed by atoms with Gasteiger partial charge in [0, 0.05) is 12.1 Å². The van der Waals surface area contributed by atoms with Crippen LogP contribution in [-0.4, -0.2) is 37.6 Å². The van der Waals surface area contributed by atoms with Crippen molar-refractivity contribution < 1.29 is 0 Å². The van der Waals surface area contributed by atoms with E-state index in [1.165, 1.54) is 45.2 Å². The average Bonchev–Trinajstić information content (AvgIpc) is 2.76. The number of rotatable bonds is 5. The van der Waals surface area contributed by atoms with E-state index in [4.69, 9.17) is 0 Å². The molecule has 2 aliphatic rings. The molecule has 76 valence electrons. The van der Waals surface area contributed by atoms with Gasteiger partial charge in [0.1, 0.15) is 0 Å². The van der Waals surface area contributed by atoms with Crippen LogP contribution in [0.25, 0.3) is 0 Å². The summed E-state index contributed by atoms with van der Waals surface area (Å²) in [6.07, 6.45) is 7.11. The second-order valence-electron chi connectivity index (χ2n) is 5.05. The van der Waals surface area contributed by atoms with Crippen LogP contribution in [0.5, 0.6) is 0 Å². The van der Waals surface area contributed by atoms with Gasteiger partial charge in [0.2, 0.25) is 0 Å². The fourth-order valence-corrected chi connectivity index (χ4v) is 2.20. The molecule has 0 spiro atoms. The lowest BCUT2D eigenvalue weighted by atomic mass is 9.75. The fourth-order valence-electron chi connectivity index (χ4n) is 2.20. The van der Waals surface area contributed by atoms with E-state index >= 15 is 0 Å². The molecule has 2 saturated carbocycles. The predicted octanol–water partition coefficient (Wildman–Crippen LogP) is 1.47. The molecular weight excluding hydrogens is 160 g/mol. The van der Waals surface area contributed by atoms with Gasteiger partial charge in [-0.1, -0.05) is 0 Å². The Balaban J connectivity index is 1.70. The van der Waals surface area contributed by atoms with Gasteiger partial charge in [-0.25, -0.2) is 0 Å². The molecular formula is C11H22N2. The third-order valence-corrected chi connectivity index (χ3v) is 3.82. The summed E-state index contributed by atoms with van der Waals surface area (Å²) in [5.41, 5.74) is 0.509. The molecule has 0 saturated heterocycles. The summed E-state index contributed by atoms with van der Waals surface area (Å²) in [5, 5.41) is 3.63. The smallest absolute Gasteiger partial charge is 0.0327 e. The molecule has 0 aliphatic heterocycles. The van der Waals surface area contributed by atoms with Gasteiger partial charge in [-0.15, -0.1) is 0 Å². The summed E-state index contributed by atoms with van der Waals surface area (Å²) < 4.78 is 0. The van der Waals surface area contributed by atoms with Gasteiger partial charge >= 0.3 is 0 Å². The molecule has 2 aliphatic carbocycles. The molecule has 2 nitrogen and oxygen atoms in total. The number of nitrogens with zero attached hydrogens (tertiary/aromatic N) is 1. The van der Waals surface area contributed by atoms with Crippen LogP contribution in [0.2, 0.25) is 0 Å². The third kappa shape index (κ3) is 2.05. The van der Waals surface area contributed by atoms with E-state index < -0.39 is 0 Å². The highest BCUT2D eigenvalue weighted by Gasteiger charge is 2.38. The van der Waals surface area contributed by atoms with Gasteiger partial charge in [-0.3, -0.25) is 0 Å². The number of hydrogen-bond donors (Lipinski definition) is 1. The zero-order valence-corrected chi connectivity index (χ0v) is 8.97. The molecule has 0 radical (unpaired) electrons. The maximum absolute atomic E-state index is 3.63. The minimum absolute atomic E-state index is 0.509. The van der Waals surface area contributed by atoms with Crippen molar-refractivity contribution in [2.45, 2.75) is 37.6 Å². The van der Waals surface area contributed by atoms with Crippen molar-refractivity contribution in [1.82, 2.24) is 10.2 Å². The van der Waals surface area contributed by atoms with Crippen LogP contribution >= 0.6 is 0 Å². The highest BCUT2D eigenvalue weighted by molar-refractivity contribution is 4.97. The van der Waals surface area contributed by atoms with E-state index in [0.29, 0.717) is 5.54 Å². The summed E-state index contributed by atoms with van der Waals surface area (Å²) in [4.78, 5) is 2.41. The maximum atomic E-state index is 3.63. The van der Waals surface area contributed by atoms with Crippen molar-refractivity contribution in [3.63, 3.8) is 0 Å². The minimum Gasteiger partial charge on any atom is -0.315 e. The predicted molar refractivity (Wildman–Crippen MR) is 55.9 cm³/mol. The lowest BCUT2D eigenvalue weighted by molar-refractivity contribution is 0.0600. The zero-order valence-electron chi connectivity index (χ0n) is 8.97. The molecule has 0 aromatic rings. The number of hydrogen-bond acceptors (Lipinski definition) is 2. The standard InChI is InChI=1S/C11H22N2/c1-13(2)11(6-3-7-11)9-12-8-10-4-5-10/h10,12H,3-9H2,1-2H3. The van der Waals surface area contributed by atoms with Crippen LogP contribution in [0.3, 0.4) is 0 Å². The summed E-state index contributed by atoms with van der Waals surface area (Å²) in [5.74, 6) is 1.01. The van der Waals surface area contributed by atoms with E-state index in [2.05, 4.69) is 24.3 Å². The first-order valence-electron chi connectivity index (χ1n) is 5.61. The second-order valence-corrected chi connectivity index (χ2v) is 5.05. The summed E-state index contributed by atoms with van der Waals surface area (Å²) in [7, 11) is 4.44. The Morgan fingerprint density at radius 2 is 2.00 bits per heavy atom. The second kappa shape index (κ2) is 3.58. The fraction of sp³-hybridized carbons (Fsp3) is 1.00. The molecule has 0 heterocycles. The molecule has 0 bridgehead atoms. The Morgan fingerprint density at radius 3 is 2.38 bits per heavy atom. The minimum atomic E-state index is 0.509. The SMILES string of the molecule is CN(C)C1(CNCC2CC2)CCC1. The van der Waals surface area contributed by atoms with Gasteiger partial charge in [0.05, 0.1) is 0 Å². The van der Waals surface area contributed by atoms with Gasteiger partial charge in [0.25, 0.3) is 0 Å². The largest absolute Gasteiger partial charge is 0.315 e. The molecule has 0 aromatic carbocycles. The molecule has 0 unspecified atom stereocenters. The van der Waals surface area contributed by atoms with Crippen molar-refractivity contribution in [2.75, 3.05) is 27.2 Å². The molecule has 0 atom stereocenters. The Hall–Kier alpha value is -0.0800. The molecule has 0 amide bonds. The van der Waals surface area contributed by atoms with Crippen LogP contribution in [-0.2, 0) is 0 Å². The quantitative estimate of drug-likeness (QED) is 0.692. The maximum Gasteiger partial charge on any atom is 0.0327 e. The van der Waals surface area contributed by atoms with E-state index in [-0.39, 0.29) is 0 Å². The Labute approximate surface area is 81.7 Å². The third-order valence-electron chi connectivity index (χ3n) is 3.82. The van der Waals surface area contributed by atoms with Crippen molar-refractivity contribution >= 4 is 0 Å². The Morgan fingerprint density at radius 1 is 1.31 bits per heavy atom. The van der Waals surface area contributed by atoms with Crippen molar-refractivity contribution in [3.8, 4) is 0 Å². The topological polar surface area (TPSA) is 15.3 Å². The van der Waals surface area contributed by atoms with Crippen LogP contribution < -0.4 is 5.32 Å². The molecule has 2 rings (SSSR count). The van der Waals surface area contributed by atoms with Crippen molar-refractivity contribution in [1.29, 1.82) is 0 Å². The highest BCUT2D eigenvalue weighted by Crippen LogP contribution is 2.35. The summed E-state index contributed by atoms with van der Waals surface area (Å²) in [6.45, 7) is 2.46.